The van der Waals surface area contributed by atoms with Crippen LogP contribution in [0.15, 0.2) is 96.2 Å². The maximum atomic E-state index is 4.44. The second-order valence-electron chi connectivity index (χ2n) is 10.3. The van der Waals surface area contributed by atoms with Crippen LogP contribution in [0.1, 0.15) is 76.3 Å². The van der Waals surface area contributed by atoms with Crippen molar-refractivity contribution in [2.45, 2.75) is 91.4 Å². The van der Waals surface area contributed by atoms with Crippen molar-refractivity contribution in [1.82, 2.24) is 9.13 Å². The molecule has 4 aromatic rings. The van der Waals surface area contributed by atoms with Crippen molar-refractivity contribution in [2.75, 3.05) is 0 Å². The molecule has 0 spiro atoms. The molecule has 0 radical (unpaired) electrons. The van der Waals surface area contributed by atoms with Gasteiger partial charge in [-0.15, -0.1) is 0 Å². The monoisotopic (exact) mass is 512 g/mol. The Kier molecular flexibility index (Phi) is 10.9. The normalized spacial score (nSPS) is 11.5. The van der Waals surface area contributed by atoms with Crippen LogP contribution in [0.3, 0.4) is 0 Å². The van der Waals surface area contributed by atoms with E-state index in [0.29, 0.717) is 0 Å². The van der Waals surface area contributed by atoms with E-state index < -0.39 is 0 Å². The SMILES string of the molecule is CCCCCCn1cc[n+](Cc2ccc(N=Nc3ccc(C[n+]4ccn(CCCCCC)c4)cc3)cc2)c1. The second kappa shape index (κ2) is 15.0. The molecule has 0 saturated heterocycles. The minimum absolute atomic E-state index is 0.862. The van der Waals surface area contributed by atoms with Crippen molar-refractivity contribution in [3.8, 4) is 0 Å². The Morgan fingerprint density at radius 2 is 0.974 bits per heavy atom. The van der Waals surface area contributed by atoms with Crippen LogP contribution in [0.25, 0.3) is 0 Å². The Balaban J connectivity index is 1.23. The Hall–Kier alpha value is -3.54. The molecule has 0 N–H and O–H groups in total. The number of rotatable bonds is 16. The van der Waals surface area contributed by atoms with Gasteiger partial charge in [-0.1, -0.05) is 63.8 Å². The van der Waals surface area contributed by atoms with Gasteiger partial charge >= 0.3 is 0 Å². The fraction of sp³-hybridized carbons (Fsp3) is 0.438. The predicted octanol–water partition coefficient (Wildman–Crippen LogP) is 7.54. The summed E-state index contributed by atoms with van der Waals surface area (Å²) < 4.78 is 9.04. The molecule has 0 unspecified atom stereocenters. The van der Waals surface area contributed by atoms with E-state index >= 15 is 0 Å². The summed E-state index contributed by atoms with van der Waals surface area (Å²) in [5.41, 5.74) is 4.25. The molecule has 2 heterocycles. The number of benzene rings is 2. The van der Waals surface area contributed by atoms with Crippen LogP contribution >= 0.6 is 0 Å². The standard InChI is InChI=1S/C32H44N6/c1-3-5-7-9-19-35-21-23-37(27-35)25-29-11-15-31(16-12-29)33-34-32-17-13-30(14-18-32)26-38-24-22-36(28-38)20-10-8-6-4-2/h11-18,21-24,27-28H,3-10,19-20,25-26H2,1-2H3/q+2. The first kappa shape index (κ1) is 27.5. The minimum Gasteiger partial charge on any atom is -0.237 e. The molecule has 0 aliphatic carbocycles. The summed E-state index contributed by atoms with van der Waals surface area (Å²) in [5.74, 6) is 0. The molecule has 0 atom stereocenters. The number of hydrogen-bond donors (Lipinski definition) is 0. The first-order valence-electron chi connectivity index (χ1n) is 14.4. The Morgan fingerprint density at radius 3 is 1.37 bits per heavy atom. The highest BCUT2D eigenvalue weighted by Gasteiger charge is 2.06. The van der Waals surface area contributed by atoms with Crippen LogP contribution in [0.2, 0.25) is 0 Å². The molecule has 0 amide bonds. The highest BCUT2D eigenvalue weighted by molar-refractivity contribution is 5.41. The second-order valence-corrected chi connectivity index (χ2v) is 10.3. The Bertz CT molecular complexity index is 1140. The summed E-state index contributed by atoms with van der Waals surface area (Å²) in [6.45, 7) is 8.42. The van der Waals surface area contributed by atoms with Gasteiger partial charge in [0, 0.05) is 0 Å². The van der Waals surface area contributed by atoms with Gasteiger partial charge in [0.25, 0.3) is 0 Å². The number of imidazole rings is 2. The summed E-state index contributed by atoms with van der Waals surface area (Å²) in [4.78, 5) is 0. The van der Waals surface area contributed by atoms with Gasteiger partial charge in [-0.3, -0.25) is 0 Å². The van der Waals surface area contributed by atoms with E-state index in [2.05, 4.69) is 104 Å². The van der Waals surface area contributed by atoms with Gasteiger partial charge < -0.3 is 0 Å². The fourth-order valence-electron chi connectivity index (χ4n) is 4.64. The van der Waals surface area contributed by atoms with Crippen molar-refractivity contribution in [3.63, 3.8) is 0 Å². The molecule has 6 nitrogen and oxygen atoms in total. The van der Waals surface area contributed by atoms with Gasteiger partial charge in [0.15, 0.2) is 0 Å². The molecule has 200 valence electrons. The van der Waals surface area contributed by atoms with Crippen LogP contribution < -0.4 is 9.13 Å². The number of aryl methyl sites for hydroxylation is 2. The molecule has 0 saturated carbocycles. The van der Waals surface area contributed by atoms with E-state index in [1.165, 1.54) is 62.5 Å². The van der Waals surface area contributed by atoms with E-state index in [-0.39, 0.29) is 0 Å². The summed E-state index contributed by atoms with van der Waals surface area (Å²) in [7, 11) is 0. The molecule has 38 heavy (non-hydrogen) atoms. The van der Waals surface area contributed by atoms with E-state index in [1.807, 2.05) is 24.3 Å². The van der Waals surface area contributed by atoms with E-state index in [9.17, 15) is 0 Å². The third-order valence-corrected chi connectivity index (χ3v) is 6.92. The number of unbranched alkanes of at least 4 members (excludes halogenated alkanes) is 6. The average molecular weight is 513 g/mol. The molecule has 0 fully saturated rings. The third-order valence-electron chi connectivity index (χ3n) is 6.92. The Morgan fingerprint density at radius 1 is 0.553 bits per heavy atom. The maximum absolute atomic E-state index is 4.44. The first-order valence-corrected chi connectivity index (χ1v) is 14.4. The van der Waals surface area contributed by atoms with Crippen LogP contribution in [0, 0.1) is 0 Å². The molecule has 0 bridgehead atoms. The summed E-state index contributed by atoms with van der Waals surface area (Å²) in [5, 5.41) is 8.88. The first-order chi connectivity index (χ1) is 18.7. The third kappa shape index (κ3) is 9.09. The Labute approximate surface area is 228 Å². The van der Waals surface area contributed by atoms with Gasteiger partial charge in [0.1, 0.15) is 37.9 Å². The molecule has 0 aliphatic heterocycles. The summed E-state index contributed by atoms with van der Waals surface area (Å²) in [6, 6.07) is 16.7. The van der Waals surface area contributed by atoms with Crippen molar-refractivity contribution in [3.05, 3.63) is 97.1 Å². The lowest BCUT2D eigenvalue weighted by Gasteiger charge is -2.00. The topological polar surface area (TPSA) is 42.3 Å². The van der Waals surface area contributed by atoms with Crippen molar-refractivity contribution in [2.24, 2.45) is 10.2 Å². The highest BCUT2D eigenvalue weighted by atomic mass is 15.1. The predicted molar refractivity (Wildman–Crippen MR) is 153 cm³/mol. The van der Waals surface area contributed by atoms with Gasteiger partial charge in [0.05, 0.1) is 24.5 Å². The quantitative estimate of drug-likeness (QED) is 0.0846. The average Bonchev–Trinajstić information content (AvgIpc) is 3.59. The van der Waals surface area contributed by atoms with Crippen molar-refractivity contribution < 1.29 is 9.13 Å². The number of azo groups is 1. The molecule has 2 aromatic carbocycles. The number of nitrogens with zero attached hydrogens (tertiary/aromatic N) is 6. The lowest BCUT2D eigenvalue weighted by atomic mass is 10.2. The van der Waals surface area contributed by atoms with Crippen molar-refractivity contribution >= 4 is 11.4 Å². The summed E-state index contributed by atoms with van der Waals surface area (Å²) in [6.07, 6.45) is 23.4. The largest absolute Gasteiger partial charge is 0.244 e. The molecule has 4 rings (SSSR count). The van der Waals surface area contributed by atoms with Gasteiger partial charge in [-0.05, 0) is 61.1 Å². The van der Waals surface area contributed by atoms with Crippen LogP contribution in [-0.2, 0) is 26.2 Å². The van der Waals surface area contributed by atoms with Crippen LogP contribution in [-0.4, -0.2) is 9.13 Å². The number of hydrogen-bond acceptors (Lipinski definition) is 2. The lowest BCUT2D eigenvalue weighted by Crippen LogP contribution is -2.31. The fourth-order valence-corrected chi connectivity index (χ4v) is 4.64. The zero-order valence-corrected chi connectivity index (χ0v) is 23.3. The molecule has 0 aliphatic rings. The summed E-state index contributed by atoms with van der Waals surface area (Å²) >= 11 is 0. The van der Waals surface area contributed by atoms with Gasteiger partial charge in [0.2, 0.25) is 12.7 Å². The zero-order valence-electron chi connectivity index (χ0n) is 23.3. The number of aromatic nitrogens is 4. The minimum atomic E-state index is 0.862. The smallest absolute Gasteiger partial charge is 0.237 e. The van der Waals surface area contributed by atoms with E-state index in [4.69, 9.17) is 0 Å². The van der Waals surface area contributed by atoms with Crippen molar-refractivity contribution in [1.29, 1.82) is 0 Å². The highest BCUT2D eigenvalue weighted by Crippen LogP contribution is 2.19. The molecular weight excluding hydrogens is 468 g/mol. The molecular formula is C32H44N6+2. The lowest BCUT2D eigenvalue weighted by molar-refractivity contribution is -0.688. The zero-order chi connectivity index (χ0) is 26.4. The van der Waals surface area contributed by atoms with Crippen LogP contribution in [0.5, 0.6) is 0 Å². The van der Waals surface area contributed by atoms with Crippen LogP contribution in [0.4, 0.5) is 11.4 Å². The molecule has 6 heteroatoms. The van der Waals surface area contributed by atoms with Gasteiger partial charge in [-0.25, -0.2) is 18.3 Å². The van der Waals surface area contributed by atoms with E-state index in [1.54, 1.807) is 0 Å². The maximum Gasteiger partial charge on any atom is 0.244 e. The van der Waals surface area contributed by atoms with E-state index in [0.717, 1.165) is 37.6 Å². The van der Waals surface area contributed by atoms with Gasteiger partial charge in [-0.2, -0.15) is 10.2 Å². The molecule has 2 aromatic heterocycles.